The molecule has 18 N–H and O–H groups in total. The van der Waals surface area contributed by atoms with Gasteiger partial charge in [-0.3, -0.25) is 0 Å². The highest BCUT2D eigenvalue weighted by atomic mass is 16.8. The number of fused-ring (bicyclic) bond motifs is 7. The van der Waals surface area contributed by atoms with E-state index in [0.29, 0.717) is 41.4 Å². The van der Waals surface area contributed by atoms with Crippen LogP contribution in [0.3, 0.4) is 0 Å². The molecule has 34 nitrogen and oxygen atoms in total. The van der Waals surface area contributed by atoms with Crippen LogP contribution in [-0.2, 0) is 75.8 Å². The van der Waals surface area contributed by atoms with Crippen molar-refractivity contribution in [3.63, 3.8) is 0 Å². The third-order valence-corrected chi connectivity index (χ3v) is 25.6. The van der Waals surface area contributed by atoms with Gasteiger partial charge in [0.1, 0.15) is 146 Å². The molecule has 9 aliphatic heterocycles. The monoisotopic (exact) mass is 1440 g/mol. The number of ether oxygens (including phenoxy) is 16. The smallest absolute Gasteiger partial charge is 0.187 e. The maximum absolute atomic E-state index is 12.0. The first kappa shape index (κ1) is 76.8. The topological polar surface area (TPSA) is 512 Å². The Kier molecular flexibility index (Phi) is 23.5. The molecule has 0 bridgehead atoms. The van der Waals surface area contributed by atoms with Crippen molar-refractivity contribution in [3.8, 4) is 0 Å². The molecule has 9 saturated heterocycles. The fourth-order valence-corrected chi connectivity index (χ4v) is 19.8. The van der Waals surface area contributed by atoms with Crippen molar-refractivity contribution in [1.82, 2.24) is 0 Å². The molecule has 0 unspecified atom stereocenters. The minimum atomic E-state index is -2.17. The highest BCUT2D eigenvalue weighted by Crippen LogP contribution is 2.71. The van der Waals surface area contributed by atoms with Crippen LogP contribution in [0.5, 0.6) is 0 Å². The standard InChI is InChI=1S/C66H108O34/c1-23-8-13-66(88-19-23)24(2)38-33(100-66)15-30-28-7-6-26-14-27(9-11-64(26,4)29(28)10-12-65(30,38)5)90-53-36(18-69)93-59(50(53)83)87-22-37-41(74)44(77)47(80)62(94-37)95-51-32(71)21-86-60(49(51)82)97-54-42(75)34(16-67)92-63(56(54)99-58-45(78)40(73)31(70)20-85-58)96-52-35(17-68)91-57(84)55(48(52)81)98-61-46(79)43(76)39(72)25(3)89-61/h23-63,67-84H,6-22H2,1-5H3/t23-,24-,25-,26-,27-,28+,29-,30-,31-,32+,33-,34+,35+,36-,37+,38-,39-,40-,41+,42+,43+,44-,45+,46+,47+,48-,49+,50+,51-,52-,53-,54-,55+,56+,57+,58-,59+,60-,61-,62-,63-,64-,65-,66+/m0/s1. The fourth-order valence-electron chi connectivity index (χ4n) is 19.8. The molecular weight excluding hydrogens is 1340 g/mol. The molecule has 1 spiro atoms. The number of aliphatic hydroxyl groups is 18. The van der Waals surface area contributed by atoms with Gasteiger partial charge in [0.25, 0.3) is 0 Å². The second-order valence-corrected chi connectivity index (χ2v) is 31.4. The van der Waals surface area contributed by atoms with Gasteiger partial charge in [-0.2, -0.15) is 0 Å². The van der Waals surface area contributed by atoms with Crippen molar-refractivity contribution < 1.29 is 168 Å². The van der Waals surface area contributed by atoms with Crippen LogP contribution in [0.25, 0.3) is 0 Å². The van der Waals surface area contributed by atoms with E-state index in [1.54, 1.807) is 0 Å². The molecule has 0 aromatic carbocycles. The summed E-state index contributed by atoms with van der Waals surface area (Å²) in [7, 11) is 0. The van der Waals surface area contributed by atoms with E-state index < -0.39 is 242 Å². The minimum Gasteiger partial charge on any atom is -0.394 e. The lowest BCUT2D eigenvalue weighted by molar-refractivity contribution is -0.407. The van der Waals surface area contributed by atoms with Crippen LogP contribution in [0, 0.1) is 52.3 Å². The van der Waals surface area contributed by atoms with E-state index >= 15 is 0 Å². The molecule has 9 heterocycles. The zero-order valence-corrected chi connectivity index (χ0v) is 56.8. The van der Waals surface area contributed by atoms with Gasteiger partial charge >= 0.3 is 0 Å². The third-order valence-electron chi connectivity index (χ3n) is 25.6. The van der Waals surface area contributed by atoms with Crippen molar-refractivity contribution >= 4 is 0 Å². The summed E-state index contributed by atoms with van der Waals surface area (Å²) in [6.07, 6.45) is -47.9. The second-order valence-electron chi connectivity index (χ2n) is 31.4. The summed E-state index contributed by atoms with van der Waals surface area (Å²) < 4.78 is 96.5. The highest BCUT2D eigenvalue weighted by Gasteiger charge is 2.70. The Morgan fingerprint density at radius 3 is 1.69 bits per heavy atom. The van der Waals surface area contributed by atoms with Crippen molar-refractivity contribution in [2.75, 3.05) is 46.2 Å². The van der Waals surface area contributed by atoms with Gasteiger partial charge in [0.2, 0.25) is 0 Å². The van der Waals surface area contributed by atoms with E-state index in [9.17, 15) is 91.9 Å². The van der Waals surface area contributed by atoms with E-state index in [0.717, 1.165) is 70.8 Å². The lowest BCUT2D eigenvalue weighted by atomic mass is 9.44. The lowest BCUT2D eigenvalue weighted by Crippen LogP contribution is -2.68. The molecule has 100 heavy (non-hydrogen) atoms. The molecule has 34 heteroatoms. The molecule has 576 valence electrons. The molecule has 4 saturated carbocycles. The van der Waals surface area contributed by atoms with Gasteiger partial charge in [-0.15, -0.1) is 0 Å². The number of aliphatic hydroxyl groups excluding tert-OH is 18. The Labute approximate surface area is 577 Å². The summed E-state index contributed by atoms with van der Waals surface area (Å²) >= 11 is 0. The van der Waals surface area contributed by atoms with Gasteiger partial charge in [0, 0.05) is 12.3 Å². The van der Waals surface area contributed by atoms with Crippen molar-refractivity contribution in [1.29, 1.82) is 0 Å². The van der Waals surface area contributed by atoms with Gasteiger partial charge in [-0.1, -0.05) is 27.7 Å². The number of hydrogen-bond acceptors (Lipinski definition) is 34. The first-order valence-electron chi connectivity index (χ1n) is 35.9. The van der Waals surface area contributed by atoms with Crippen molar-refractivity contribution in [2.45, 2.75) is 313 Å². The van der Waals surface area contributed by atoms with Crippen LogP contribution in [0.4, 0.5) is 0 Å². The summed E-state index contributed by atoms with van der Waals surface area (Å²) in [6.45, 7) is 7.13. The molecule has 0 aromatic rings. The van der Waals surface area contributed by atoms with Crippen LogP contribution >= 0.6 is 0 Å². The molecule has 13 rings (SSSR count). The Morgan fingerprint density at radius 2 is 0.990 bits per heavy atom. The molecule has 4 aliphatic carbocycles. The molecule has 0 aromatic heterocycles. The molecule has 13 fully saturated rings. The van der Waals surface area contributed by atoms with Gasteiger partial charge in [0.15, 0.2) is 49.8 Å². The maximum Gasteiger partial charge on any atom is 0.187 e. The lowest BCUT2D eigenvalue weighted by Gasteiger charge is -2.61. The van der Waals surface area contributed by atoms with Gasteiger partial charge < -0.3 is 168 Å². The van der Waals surface area contributed by atoms with E-state index in [1.807, 2.05) is 0 Å². The van der Waals surface area contributed by atoms with Crippen molar-refractivity contribution in [3.05, 3.63) is 0 Å². The maximum atomic E-state index is 12.0. The first-order chi connectivity index (χ1) is 47.5. The Hall–Kier alpha value is -1.36. The summed E-state index contributed by atoms with van der Waals surface area (Å²) in [6, 6.07) is 0. The molecular formula is C66H108O34. The van der Waals surface area contributed by atoms with Crippen LogP contribution in [-0.4, -0.2) is 353 Å². The van der Waals surface area contributed by atoms with Crippen LogP contribution in [0.2, 0.25) is 0 Å². The zero-order valence-electron chi connectivity index (χ0n) is 56.8. The average Bonchev–Trinajstić information content (AvgIpc) is 1.51. The summed E-state index contributed by atoms with van der Waals surface area (Å²) in [4.78, 5) is 0. The molecule has 44 atom stereocenters. The average molecular weight is 1450 g/mol. The Bertz CT molecular complexity index is 2670. The predicted octanol–water partition coefficient (Wildman–Crippen LogP) is -6.49. The SMILES string of the molecule is C[C@H]1CC[C@@]2(OC1)O[C@H]1C[C@H]3[C@@H]4CC[C@H]5C[C@@H](O[C@@H]6[C@@H](O)[C@H](OC[C@H]7O[C@@H](O[C@@H]8[C@@H](O)[C@H](O[C@H]9[C@H](O)[C@@H](CO)O[C@@H](O[C@@H]%10[C@H](O)[C@@H](O[C@@H]%11O[C@@H](C)[C@H](O)[C@@H](O)[C@H]%11O)[C@H](O)O[C@@H]%10CO)[C@@H]9O[C@@H]9OC[C@H](O)[C@H](O)[C@H]9O)OC[C@H]8O)[C@H](O)[C@@H](O)[C@@H]7O)O[C@H]6CO)CC[C@]5(C)[C@H]4CC[C@]3(C)[C@H]1[C@@H]2C. The van der Waals surface area contributed by atoms with E-state index in [1.165, 1.54) is 6.92 Å². The van der Waals surface area contributed by atoms with Gasteiger partial charge in [-0.25, -0.2) is 0 Å². The van der Waals surface area contributed by atoms with Gasteiger partial charge in [0.05, 0.1) is 64.6 Å². The zero-order chi connectivity index (χ0) is 71.5. The molecule has 0 amide bonds. The van der Waals surface area contributed by atoms with Gasteiger partial charge in [-0.05, 0) is 111 Å². The van der Waals surface area contributed by atoms with Crippen LogP contribution in [0.1, 0.15) is 98.8 Å². The first-order valence-corrected chi connectivity index (χ1v) is 35.9. The normalized spacial score (nSPS) is 57.3. The quantitative estimate of drug-likeness (QED) is 0.0607. The van der Waals surface area contributed by atoms with Crippen molar-refractivity contribution in [2.24, 2.45) is 52.3 Å². The van der Waals surface area contributed by atoms with E-state index in [2.05, 4.69) is 27.7 Å². The third kappa shape index (κ3) is 14.0. The highest BCUT2D eigenvalue weighted by molar-refractivity contribution is 5.16. The number of hydrogen-bond donors (Lipinski definition) is 18. The predicted molar refractivity (Wildman–Crippen MR) is 327 cm³/mol. The summed E-state index contributed by atoms with van der Waals surface area (Å²) in [5.41, 5.74) is 0.282. The largest absolute Gasteiger partial charge is 0.394 e. The Balaban J connectivity index is 0.645. The summed E-state index contributed by atoms with van der Waals surface area (Å²) in [5, 5.41) is 199. The second kappa shape index (κ2) is 30.6. The van der Waals surface area contributed by atoms with E-state index in [-0.39, 0.29) is 23.0 Å². The minimum absolute atomic E-state index is 0.0952. The van der Waals surface area contributed by atoms with Crippen LogP contribution in [0.15, 0.2) is 0 Å². The Morgan fingerprint density at radius 1 is 0.410 bits per heavy atom. The molecule has 0 radical (unpaired) electrons. The van der Waals surface area contributed by atoms with E-state index in [4.69, 9.17) is 75.8 Å². The van der Waals surface area contributed by atoms with Crippen LogP contribution < -0.4 is 0 Å². The fraction of sp³-hybridized carbons (Fsp3) is 1.00. The number of rotatable bonds is 18. The molecule has 13 aliphatic rings. The summed E-state index contributed by atoms with van der Waals surface area (Å²) in [5.74, 6) is 3.00.